The molecule has 0 saturated carbocycles. The SMILES string of the molecule is Cn1cc(/C=C2/SC(=NC(=O)c3ccc(Cl)cc3Cl)NC2=O)c2ccccc21. The number of amidine groups is 1. The van der Waals surface area contributed by atoms with Crippen molar-refractivity contribution in [2.75, 3.05) is 0 Å². The molecule has 4 rings (SSSR count). The van der Waals surface area contributed by atoms with Crippen LogP contribution in [0.1, 0.15) is 15.9 Å². The maximum absolute atomic E-state index is 12.4. The largest absolute Gasteiger partial charge is 0.350 e. The van der Waals surface area contributed by atoms with Gasteiger partial charge in [0.25, 0.3) is 11.8 Å². The van der Waals surface area contributed by atoms with E-state index >= 15 is 0 Å². The molecule has 1 fully saturated rings. The fourth-order valence-electron chi connectivity index (χ4n) is 2.93. The number of fused-ring (bicyclic) bond motifs is 1. The zero-order valence-corrected chi connectivity index (χ0v) is 16.9. The first-order valence-corrected chi connectivity index (χ1v) is 9.82. The third-order valence-electron chi connectivity index (χ3n) is 4.23. The molecule has 2 amide bonds. The average Bonchev–Trinajstić information content (AvgIpc) is 3.15. The van der Waals surface area contributed by atoms with Gasteiger partial charge in [0.1, 0.15) is 0 Å². The lowest BCUT2D eigenvalue weighted by Crippen LogP contribution is -2.20. The highest BCUT2D eigenvalue weighted by Crippen LogP contribution is 2.30. The van der Waals surface area contributed by atoms with E-state index in [-0.39, 0.29) is 21.7 Å². The number of nitrogens with zero attached hydrogens (tertiary/aromatic N) is 2. The van der Waals surface area contributed by atoms with Crippen LogP contribution in [0.3, 0.4) is 0 Å². The van der Waals surface area contributed by atoms with Gasteiger partial charge in [0, 0.05) is 34.7 Å². The van der Waals surface area contributed by atoms with Crippen molar-refractivity contribution >= 4 is 68.9 Å². The molecule has 5 nitrogen and oxygen atoms in total. The Kier molecular flexibility index (Phi) is 5.02. The highest BCUT2D eigenvalue weighted by atomic mass is 35.5. The van der Waals surface area contributed by atoms with Gasteiger partial charge in [-0.2, -0.15) is 4.99 Å². The van der Waals surface area contributed by atoms with E-state index in [1.807, 2.05) is 42.1 Å². The molecule has 2 heterocycles. The Labute approximate surface area is 175 Å². The summed E-state index contributed by atoms with van der Waals surface area (Å²) in [6.45, 7) is 0. The van der Waals surface area contributed by atoms with Gasteiger partial charge in [0.05, 0.1) is 15.5 Å². The second-order valence-corrected chi connectivity index (χ2v) is 8.00. The normalized spacial score (nSPS) is 16.9. The molecule has 2 aromatic carbocycles. The zero-order valence-electron chi connectivity index (χ0n) is 14.6. The molecule has 1 aromatic heterocycles. The minimum Gasteiger partial charge on any atom is -0.350 e. The third-order valence-corrected chi connectivity index (χ3v) is 5.69. The van der Waals surface area contributed by atoms with Crippen LogP contribution in [0.4, 0.5) is 0 Å². The molecule has 1 aliphatic rings. The van der Waals surface area contributed by atoms with Crippen molar-refractivity contribution in [2.45, 2.75) is 0 Å². The Hall–Kier alpha value is -2.54. The van der Waals surface area contributed by atoms with Gasteiger partial charge < -0.3 is 9.88 Å². The maximum Gasteiger partial charge on any atom is 0.280 e. The number of carbonyl (C=O) groups is 2. The first kappa shape index (κ1) is 18.8. The second-order valence-electron chi connectivity index (χ2n) is 6.12. The van der Waals surface area contributed by atoms with Gasteiger partial charge in [0.2, 0.25) is 0 Å². The van der Waals surface area contributed by atoms with Crippen molar-refractivity contribution in [2.24, 2.45) is 12.0 Å². The smallest absolute Gasteiger partial charge is 0.280 e. The van der Waals surface area contributed by atoms with E-state index in [0.29, 0.717) is 9.93 Å². The summed E-state index contributed by atoms with van der Waals surface area (Å²) in [7, 11) is 1.95. The molecule has 0 spiro atoms. The van der Waals surface area contributed by atoms with Crippen molar-refractivity contribution in [1.82, 2.24) is 9.88 Å². The van der Waals surface area contributed by atoms with Crippen molar-refractivity contribution < 1.29 is 9.59 Å². The Bertz CT molecular complexity index is 1200. The van der Waals surface area contributed by atoms with E-state index in [9.17, 15) is 9.59 Å². The lowest BCUT2D eigenvalue weighted by molar-refractivity contribution is -0.115. The molecule has 0 radical (unpaired) electrons. The van der Waals surface area contributed by atoms with Crippen LogP contribution in [0.15, 0.2) is 58.6 Å². The predicted molar refractivity (Wildman–Crippen MR) is 115 cm³/mol. The summed E-state index contributed by atoms with van der Waals surface area (Å²) in [5.74, 6) is -0.845. The molecule has 1 saturated heterocycles. The summed E-state index contributed by atoms with van der Waals surface area (Å²) < 4.78 is 2.00. The Morgan fingerprint density at radius 3 is 2.79 bits per heavy atom. The maximum atomic E-state index is 12.4. The van der Waals surface area contributed by atoms with Crippen molar-refractivity contribution in [3.63, 3.8) is 0 Å². The lowest BCUT2D eigenvalue weighted by atomic mass is 10.1. The number of aryl methyl sites for hydroxylation is 1. The Balaban J connectivity index is 1.62. The molecular weight excluding hydrogens is 417 g/mol. The van der Waals surface area contributed by atoms with Gasteiger partial charge in [0.15, 0.2) is 5.17 Å². The summed E-state index contributed by atoms with van der Waals surface area (Å²) in [6.07, 6.45) is 3.75. The number of thioether (sulfide) groups is 1. The fourth-order valence-corrected chi connectivity index (χ4v) is 4.22. The van der Waals surface area contributed by atoms with Gasteiger partial charge in [-0.3, -0.25) is 9.59 Å². The van der Waals surface area contributed by atoms with Crippen molar-refractivity contribution in [1.29, 1.82) is 0 Å². The molecule has 0 atom stereocenters. The molecule has 1 aliphatic heterocycles. The zero-order chi connectivity index (χ0) is 19.8. The van der Waals surface area contributed by atoms with E-state index < -0.39 is 5.91 Å². The van der Waals surface area contributed by atoms with Crippen LogP contribution in [-0.4, -0.2) is 21.5 Å². The number of carbonyl (C=O) groups excluding carboxylic acids is 2. The second kappa shape index (κ2) is 7.47. The van der Waals surface area contributed by atoms with Crippen LogP contribution < -0.4 is 5.32 Å². The van der Waals surface area contributed by atoms with Crippen molar-refractivity contribution in [3.05, 3.63) is 74.7 Å². The number of aliphatic imine (C=N–C) groups is 1. The van der Waals surface area contributed by atoms with Crippen molar-refractivity contribution in [3.8, 4) is 0 Å². The molecule has 1 N–H and O–H groups in total. The number of aromatic nitrogens is 1. The average molecular weight is 430 g/mol. The summed E-state index contributed by atoms with van der Waals surface area (Å²) in [5, 5.41) is 4.52. The monoisotopic (exact) mass is 429 g/mol. The number of rotatable bonds is 2. The van der Waals surface area contributed by atoms with E-state index in [1.54, 1.807) is 12.1 Å². The number of amides is 2. The van der Waals surface area contributed by atoms with Crippen LogP contribution in [0.2, 0.25) is 10.0 Å². The standard InChI is InChI=1S/C20H13Cl2N3O2S/c1-25-10-11(13-4-2-3-5-16(13)25)8-17-19(27)24-20(28-17)23-18(26)14-7-6-12(21)9-15(14)22/h2-10H,1H3,(H,23,24,26,27)/b17-8+. The molecule has 28 heavy (non-hydrogen) atoms. The van der Waals surface area contributed by atoms with Crippen LogP contribution in [0.5, 0.6) is 0 Å². The van der Waals surface area contributed by atoms with Gasteiger partial charge in [-0.25, -0.2) is 0 Å². The molecule has 0 bridgehead atoms. The van der Waals surface area contributed by atoms with E-state index in [0.717, 1.165) is 28.2 Å². The number of nitrogens with one attached hydrogen (secondary N) is 1. The number of halogens is 2. The minimum atomic E-state index is -0.545. The number of benzene rings is 2. The predicted octanol–water partition coefficient (Wildman–Crippen LogP) is 4.89. The Morgan fingerprint density at radius 1 is 1.21 bits per heavy atom. The topological polar surface area (TPSA) is 63.5 Å². The number of hydrogen-bond donors (Lipinski definition) is 1. The van der Waals surface area contributed by atoms with Gasteiger partial charge in [-0.15, -0.1) is 0 Å². The van der Waals surface area contributed by atoms with E-state index in [1.165, 1.54) is 12.1 Å². The summed E-state index contributed by atoms with van der Waals surface area (Å²) in [4.78, 5) is 29.1. The summed E-state index contributed by atoms with van der Waals surface area (Å²) >= 11 is 13.0. The summed E-state index contributed by atoms with van der Waals surface area (Å²) in [5.41, 5.74) is 2.21. The first-order valence-electron chi connectivity index (χ1n) is 8.25. The molecule has 0 aliphatic carbocycles. The van der Waals surface area contributed by atoms with E-state index in [4.69, 9.17) is 23.2 Å². The number of hydrogen-bond acceptors (Lipinski definition) is 3. The van der Waals surface area contributed by atoms with Crippen LogP contribution >= 0.6 is 35.0 Å². The van der Waals surface area contributed by atoms with Crippen LogP contribution in [0, 0.1) is 0 Å². The minimum absolute atomic E-state index is 0.211. The third kappa shape index (κ3) is 3.58. The molecule has 0 unspecified atom stereocenters. The molecular formula is C20H13Cl2N3O2S. The first-order chi connectivity index (χ1) is 13.4. The number of para-hydroxylation sites is 1. The van der Waals surface area contributed by atoms with Crippen LogP contribution in [0.25, 0.3) is 17.0 Å². The van der Waals surface area contributed by atoms with Gasteiger partial charge >= 0.3 is 0 Å². The summed E-state index contributed by atoms with van der Waals surface area (Å²) in [6, 6.07) is 12.5. The lowest BCUT2D eigenvalue weighted by Gasteiger charge is -2.00. The van der Waals surface area contributed by atoms with E-state index in [2.05, 4.69) is 10.3 Å². The Morgan fingerprint density at radius 2 is 2.00 bits per heavy atom. The van der Waals surface area contributed by atoms with Gasteiger partial charge in [-0.1, -0.05) is 41.4 Å². The molecule has 140 valence electrons. The quantitative estimate of drug-likeness (QED) is 0.590. The molecule has 8 heteroatoms. The fraction of sp³-hybridized carbons (Fsp3) is 0.0500. The molecule has 3 aromatic rings. The van der Waals surface area contributed by atoms with Crippen LogP contribution in [-0.2, 0) is 11.8 Å². The highest BCUT2D eigenvalue weighted by Gasteiger charge is 2.25. The van der Waals surface area contributed by atoms with Gasteiger partial charge in [-0.05, 0) is 42.1 Å². The highest BCUT2D eigenvalue weighted by molar-refractivity contribution is 8.18.